The molecule has 0 unspecified atom stereocenters. The Bertz CT molecular complexity index is 1190. The van der Waals surface area contributed by atoms with Crippen LogP contribution in [0.1, 0.15) is 18.1 Å². The third-order valence-electron chi connectivity index (χ3n) is 4.74. The van der Waals surface area contributed by atoms with Crippen LogP contribution in [0.5, 0.6) is 17.2 Å². The standard InChI is InChI=1S/C25H26ClNO5S/c1-4-6-19-15-18(17-27-21-9-11-22(30-3)12-10-21)16-24(31-5-2)25(19)32-33(28,29)23-13-7-20(26)8-14-23/h4,7-16,27H,1,5-6,17H2,2-3H3. The normalized spacial score (nSPS) is 11.0. The van der Waals surface area contributed by atoms with Crippen LogP contribution in [0.4, 0.5) is 5.69 Å². The fourth-order valence-corrected chi connectivity index (χ4v) is 4.26. The average Bonchev–Trinajstić information content (AvgIpc) is 2.80. The molecular weight excluding hydrogens is 462 g/mol. The second-order valence-corrected chi connectivity index (χ2v) is 9.06. The number of benzene rings is 3. The molecule has 0 amide bonds. The second kappa shape index (κ2) is 11.1. The van der Waals surface area contributed by atoms with Crippen LogP contribution >= 0.6 is 11.6 Å². The number of allylic oxidation sites excluding steroid dienone is 1. The molecule has 3 aromatic rings. The van der Waals surface area contributed by atoms with Gasteiger partial charge in [0.2, 0.25) is 0 Å². The molecule has 6 nitrogen and oxygen atoms in total. The van der Waals surface area contributed by atoms with Crippen LogP contribution in [0.15, 0.2) is 78.2 Å². The Labute approximate surface area is 199 Å². The summed E-state index contributed by atoms with van der Waals surface area (Å²) in [4.78, 5) is 0.00384. The Kier molecular flexibility index (Phi) is 8.25. The molecular formula is C25H26ClNO5S. The molecule has 0 saturated carbocycles. The highest BCUT2D eigenvalue weighted by Gasteiger charge is 2.22. The van der Waals surface area contributed by atoms with Crippen molar-refractivity contribution in [3.8, 4) is 17.2 Å². The summed E-state index contributed by atoms with van der Waals surface area (Å²) < 4.78 is 42.3. The summed E-state index contributed by atoms with van der Waals surface area (Å²) in [7, 11) is -2.47. The van der Waals surface area contributed by atoms with Gasteiger partial charge in [0.15, 0.2) is 11.5 Å². The Hall–Kier alpha value is -3.16. The van der Waals surface area contributed by atoms with E-state index in [4.69, 9.17) is 25.3 Å². The van der Waals surface area contributed by atoms with E-state index in [1.165, 1.54) is 24.3 Å². The van der Waals surface area contributed by atoms with Gasteiger partial charge in [-0.15, -0.1) is 6.58 Å². The molecule has 0 aliphatic carbocycles. The second-order valence-electron chi connectivity index (χ2n) is 7.08. The Morgan fingerprint density at radius 3 is 2.36 bits per heavy atom. The third kappa shape index (κ3) is 6.43. The SMILES string of the molecule is C=CCc1cc(CNc2ccc(OC)cc2)cc(OCC)c1OS(=O)(=O)c1ccc(Cl)cc1. The van der Waals surface area contributed by atoms with Crippen molar-refractivity contribution in [2.75, 3.05) is 19.0 Å². The van der Waals surface area contributed by atoms with E-state index in [1.54, 1.807) is 19.3 Å². The maximum Gasteiger partial charge on any atom is 0.339 e. The molecule has 33 heavy (non-hydrogen) atoms. The molecule has 0 radical (unpaired) electrons. The van der Waals surface area contributed by atoms with Crippen molar-refractivity contribution in [2.45, 2.75) is 24.8 Å². The number of ether oxygens (including phenoxy) is 2. The highest BCUT2D eigenvalue weighted by Crippen LogP contribution is 2.36. The minimum Gasteiger partial charge on any atom is -0.497 e. The molecule has 8 heteroatoms. The number of hydrogen-bond donors (Lipinski definition) is 1. The fraction of sp³-hybridized carbons (Fsp3) is 0.200. The van der Waals surface area contributed by atoms with Crippen molar-refractivity contribution in [1.29, 1.82) is 0 Å². The molecule has 0 aliphatic rings. The lowest BCUT2D eigenvalue weighted by molar-refractivity contribution is 0.326. The fourth-order valence-electron chi connectivity index (χ4n) is 3.16. The number of nitrogens with one attached hydrogen (secondary N) is 1. The monoisotopic (exact) mass is 487 g/mol. The van der Waals surface area contributed by atoms with Gasteiger partial charge in [-0.05, 0) is 79.6 Å². The lowest BCUT2D eigenvalue weighted by atomic mass is 10.1. The van der Waals surface area contributed by atoms with Gasteiger partial charge in [0.1, 0.15) is 10.6 Å². The van der Waals surface area contributed by atoms with Gasteiger partial charge in [0, 0.05) is 22.8 Å². The van der Waals surface area contributed by atoms with Crippen LogP contribution in [0.25, 0.3) is 0 Å². The largest absolute Gasteiger partial charge is 0.497 e. The van der Waals surface area contributed by atoms with Crippen LogP contribution in [0, 0.1) is 0 Å². The Balaban J connectivity index is 1.91. The molecule has 174 valence electrons. The molecule has 0 aliphatic heterocycles. The van der Waals surface area contributed by atoms with Gasteiger partial charge in [-0.1, -0.05) is 17.7 Å². The summed E-state index contributed by atoms with van der Waals surface area (Å²) in [6.07, 6.45) is 2.09. The first-order chi connectivity index (χ1) is 15.9. The zero-order valence-electron chi connectivity index (χ0n) is 18.5. The summed E-state index contributed by atoms with van der Waals surface area (Å²) in [5.74, 6) is 1.27. The lowest BCUT2D eigenvalue weighted by Crippen LogP contribution is -2.13. The maximum atomic E-state index is 12.9. The molecule has 3 aromatic carbocycles. The molecule has 0 fully saturated rings. The van der Waals surface area contributed by atoms with Crippen molar-refractivity contribution in [1.82, 2.24) is 0 Å². The predicted molar refractivity (Wildman–Crippen MR) is 131 cm³/mol. The highest BCUT2D eigenvalue weighted by molar-refractivity contribution is 7.87. The lowest BCUT2D eigenvalue weighted by Gasteiger charge is -2.18. The van der Waals surface area contributed by atoms with E-state index in [-0.39, 0.29) is 10.6 Å². The number of anilines is 1. The maximum absolute atomic E-state index is 12.9. The van der Waals surface area contributed by atoms with E-state index in [0.29, 0.717) is 35.9 Å². The van der Waals surface area contributed by atoms with Gasteiger partial charge < -0.3 is 19.0 Å². The van der Waals surface area contributed by atoms with E-state index in [2.05, 4.69) is 11.9 Å². The van der Waals surface area contributed by atoms with Gasteiger partial charge in [0.05, 0.1) is 13.7 Å². The van der Waals surface area contributed by atoms with Gasteiger partial charge in [-0.25, -0.2) is 0 Å². The number of rotatable bonds is 11. The Morgan fingerprint density at radius 1 is 1.06 bits per heavy atom. The van der Waals surface area contributed by atoms with E-state index in [0.717, 1.165) is 17.0 Å². The number of hydrogen-bond acceptors (Lipinski definition) is 6. The van der Waals surface area contributed by atoms with E-state index >= 15 is 0 Å². The number of methoxy groups -OCH3 is 1. The minimum atomic E-state index is -4.09. The first kappa shape index (κ1) is 24.5. The van der Waals surface area contributed by atoms with Crippen LogP contribution in [-0.2, 0) is 23.1 Å². The first-order valence-electron chi connectivity index (χ1n) is 10.3. The topological polar surface area (TPSA) is 73.9 Å². The average molecular weight is 488 g/mol. The summed E-state index contributed by atoms with van der Waals surface area (Å²) in [6.45, 7) is 6.46. The van der Waals surface area contributed by atoms with Crippen molar-refractivity contribution in [2.24, 2.45) is 0 Å². The van der Waals surface area contributed by atoms with Crippen LogP contribution in [0.2, 0.25) is 5.02 Å². The van der Waals surface area contributed by atoms with Crippen LogP contribution < -0.4 is 19.0 Å². The Morgan fingerprint density at radius 2 is 1.76 bits per heavy atom. The summed E-state index contributed by atoms with van der Waals surface area (Å²) in [5, 5.41) is 3.78. The molecule has 0 saturated heterocycles. The molecule has 0 heterocycles. The first-order valence-corrected chi connectivity index (χ1v) is 12.1. The van der Waals surface area contributed by atoms with Gasteiger partial charge in [0.25, 0.3) is 0 Å². The zero-order chi connectivity index (χ0) is 23.8. The zero-order valence-corrected chi connectivity index (χ0v) is 20.1. The summed E-state index contributed by atoms with van der Waals surface area (Å²) >= 11 is 5.88. The molecule has 0 spiro atoms. The summed E-state index contributed by atoms with van der Waals surface area (Å²) in [6, 6.07) is 17.0. The van der Waals surface area contributed by atoms with Crippen molar-refractivity contribution in [3.63, 3.8) is 0 Å². The quantitative estimate of drug-likeness (QED) is 0.270. The molecule has 0 atom stereocenters. The van der Waals surface area contributed by atoms with E-state index in [9.17, 15) is 8.42 Å². The van der Waals surface area contributed by atoms with Crippen LogP contribution in [-0.4, -0.2) is 22.1 Å². The van der Waals surface area contributed by atoms with E-state index < -0.39 is 10.1 Å². The van der Waals surface area contributed by atoms with Gasteiger partial charge in [-0.2, -0.15) is 8.42 Å². The smallest absolute Gasteiger partial charge is 0.339 e. The van der Waals surface area contributed by atoms with Gasteiger partial charge >= 0.3 is 10.1 Å². The molecule has 0 aromatic heterocycles. The van der Waals surface area contributed by atoms with Gasteiger partial charge in [-0.3, -0.25) is 0 Å². The van der Waals surface area contributed by atoms with Crippen LogP contribution in [0.3, 0.4) is 0 Å². The molecule has 1 N–H and O–H groups in total. The predicted octanol–water partition coefficient (Wildman–Crippen LogP) is 5.86. The summed E-state index contributed by atoms with van der Waals surface area (Å²) in [5.41, 5.74) is 2.48. The number of halogens is 1. The van der Waals surface area contributed by atoms with Crippen molar-refractivity contribution < 1.29 is 22.1 Å². The minimum absolute atomic E-state index is 0.00384. The third-order valence-corrected chi connectivity index (χ3v) is 6.23. The molecule has 3 rings (SSSR count). The molecule has 0 bridgehead atoms. The van der Waals surface area contributed by atoms with Crippen molar-refractivity contribution in [3.05, 3.63) is 89.5 Å². The van der Waals surface area contributed by atoms with E-state index in [1.807, 2.05) is 37.3 Å². The highest BCUT2D eigenvalue weighted by atomic mass is 35.5. The van der Waals surface area contributed by atoms with Crippen molar-refractivity contribution >= 4 is 27.4 Å².